The van der Waals surface area contributed by atoms with Gasteiger partial charge in [-0.15, -0.1) is 0 Å². The van der Waals surface area contributed by atoms with Crippen LogP contribution in [0.4, 0.5) is 0 Å². The van der Waals surface area contributed by atoms with Crippen molar-refractivity contribution < 1.29 is 0 Å². The molecule has 2 aromatic rings. The van der Waals surface area contributed by atoms with Gasteiger partial charge in [-0.3, -0.25) is 4.68 Å². The van der Waals surface area contributed by atoms with E-state index in [0.29, 0.717) is 6.54 Å². The van der Waals surface area contributed by atoms with E-state index in [2.05, 4.69) is 18.9 Å². The highest BCUT2D eigenvalue weighted by molar-refractivity contribution is 6.31. The maximum atomic E-state index is 6.20. The summed E-state index contributed by atoms with van der Waals surface area (Å²) in [6.07, 6.45) is 2.00. The minimum atomic E-state index is 0.717. The van der Waals surface area contributed by atoms with Crippen LogP contribution in [0.2, 0.25) is 5.02 Å². The topological polar surface area (TPSA) is 43.8 Å². The molecular weight excluding hydrogens is 258 g/mol. The summed E-state index contributed by atoms with van der Waals surface area (Å²) in [7, 11) is 0. The van der Waals surface area contributed by atoms with Crippen molar-refractivity contribution in [1.82, 2.24) is 9.78 Å². The third kappa shape index (κ3) is 3.17. The lowest BCUT2D eigenvalue weighted by molar-refractivity contribution is 0.657. The molecule has 0 aliphatic carbocycles. The molecule has 0 amide bonds. The Kier molecular flexibility index (Phi) is 4.61. The molecule has 1 aromatic heterocycles. The van der Waals surface area contributed by atoms with Crippen molar-refractivity contribution in [3.05, 3.63) is 51.8 Å². The van der Waals surface area contributed by atoms with Crippen LogP contribution in [0.15, 0.2) is 24.3 Å². The maximum Gasteiger partial charge on any atom is 0.0677 e. The van der Waals surface area contributed by atoms with Gasteiger partial charge in [0.2, 0.25) is 0 Å². The van der Waals surface area contributed by atoms with Gasteiger partial charge >= 0.3 is 0 Å². The first-order valence-corrected chi connectivity index (χ1v) is 6.97. The van der Waals surface area contributed by atoms with Gasteiger partial charge in [0.05, 0.1) is 12.2 Å². The summed E-state index contributed by atoms with van der Waals surface area (Å²) in [5.41, 5.74) is 10.3. The second kappa shape index (κ2) is 6.22. The predicted octanol–water partition coefficient (Wildman–Crippen LogP) is 3.09. The van der Waals surface area contributed by atoms with Crippen molar-refractivity contribution >= 4 is 11.6 Å². The maximum absolute atomic E-state index is 6.20. The van der Waals surface area contributed by atoms with Gasteiger partial charge in [0.15, 0.2) is 0 Å². The van der Waals surface area contributed by atoms with Gasteiger partial charge in [-0.2, -0.15) is 5.10 Å². The van der Waals surface area contributed by atoms with E-state index >= 15 is 0 Å². The van der Waals surface area contributed by atoms with Crippen molar-refractivity contribution in [2.45, 2.75) is 33.2 Å². The quantitative estimate of drug-likeness (QED) is 0.913. The van der Waals surface area contributed by atoms with Crippen LogP contribution >= 0.6 is 11.6 Å². The molecule has 0 bridgehead atoms. The Hall–Kier alpha value is -1.32. The summed E-state index contributed by atoms with van der Waals surface area (Å²) < 4.78 is 2.03. The van der Waals surface area contributed by atoms with Gasteiger partial charge in [0, 0.05) is 10.7 Å². The first-order chi connectivity index (χ1) is 9.13. The van der Waals surface area contributed by atoms with Crippen LogP contribution in [-0.4, -0.2) is 16.3 Å². The fourth-order valence-corrected chi connectivity index (χ4v) is 2.51. The summed E-state index contributed by atoms with van der Waals surface area (Å²) in [5, 5.41) is 5.41. The van der Waals surface area contributed by atoms with Crippen molar-refractivity contribution in [1.29, 1.82) is 0 Å². The SMILES string of the molecule is Cc1nn(Cc2ccccc2Cl)c(C)c1CCCN. The van der Waals surface area contributed by atoms with E-state index in [-0.39, 0.29) is 0 Å². The van der Waals surface area contributed by atoms with E-state index in [1.807, 2.05) is 28.9 Å². The fourth-order valence-electron chi connectivity index (χ4n) is 2.32. The van der Waals surface area contributed by atoms with Gasteiger partial charge < -0.3 is 5.73 Å². The van der Waals surface area contributed by atoms with E-state index in [4.69, 9.17) is 17.3 Å². The van der Waals surface area contributed by atoms with Crippen molar-refractivity contribution in [3.63, 3.8) is 0 Å². The molecule has 1 heterocycles. The third-order valence-corrected chi connectivity index (χ3v) is 3.81. The Labute approximate surface area is 119 Å². The van der Waals surface area contributed by atoms with E-state index < -0.39 is 0 Å². The predicted molar refractivity (Wildman–Crippen MR) is 79.6 cm³/mol. The zero-order valence-electron chi connectivity index (χ0n) is 11.5. The molecule has 4 heteroatoms. The second-order valence-electron chi connectivity index (χ2n) is 4.79. The van der Waals surface area contributed by atoms with E-state index in [9.17, 15) is 0 Å². The molecule has 0 radical (unpaired) electrons. The highest BCUT2D eigenvalue weighted by Gasteiger charge is 2.12. The molecule has 0 fully saturated rings. The Balaban J connectivity index is 2.24. The van der Waals surface area contributed by atoms with Crippen molar-refractivity contribution in [2.24, 2.45) is 5.73 Å². The van der Waals surface area contributed by atoms with Crippen LogP contribution in [0.5, 0.6) is 0 Å². The van der Waals surface area contributed by atoms with Gasteiger partial charge in [-0.1, -0.05) is 29.8 Å². The van der Waals surface area contributed by atoms with Crippen molar-refractivity contribution in [2.75, 3.05) is 6.54 Å². The molecule has 0 aliphatic rings. The number of rotatable bonds is 5. The molecule has 3 nitrogen and oxygen atoms in total. The Morgan fingerprint density at radius 2 is 2.00 bits per heavy atom. The van der Waals surface area contributed by atoms with Crippen LogP contribution < -0.4 is 5.73 Å². The molecule has 102 valence electrons. The zero-order chi connectivity index (χ0) is 13.8. The fraction of sp³-hybridized carbons (Fsp3) is 0.400. The number of hydrogen-bond donors (Lipinski definition) is 1. The van der Waals surface area contributed by atoms with Gasteiger partial charge in [-0.25, -0.2) is 0 Å². The van der Waals surface area contributed by atoms with E-state index in [1.165, 1.54) is 11.3 Å². The summed E-state index contributed by atoms with van der Waals surface area (Å²) in [4.78, 5) is 0. The van der Waals surface area contributed by atoms with Gasteiger partial charge in [0.25, 0.3) is 0 Å². The summed E-state index contributed by atoms with van der Waals surface area (Å²) in [6, 6.07) is 7.90. The summed E-state index contributed by atoms with van der Waals surface area (Å²) in [5.74, 6) is 0. The lowest BCUT2D eigenvalue weighted by atomic mass is 10.1. The molecule has 0 spiro atoms. The number of halogens is 1. The first kappa shape index (κ1) is 14.1. The third-order valence-electron chi connectivity index (χ3n) is 3.44. The molecule has 0 saturated carbocycles. The van der Waals surface area contributed by atoms with Crippen LogP contribution in [0.1, 0.15) is 28.9 Å². The van der Waals surface area contributed by atoms with E-state index in [0.717, 1.165) is 35.7 Å². The zero-order valence-corrected chi connectivity index (χ0v) is 12.2. The molecule has 2 N–H and O–H groups in total. The normalized spacial score (nSPS) is 10.9. The molecule has 2 rings (SSSR count). The monoisotopic (exact) mass is 277 g/mol. The average molecular weight is 278 g/mol. The highest BCUT2D eigenvalue weighted by atomic mass is 35.5. The Bertz CT molecular complexity index is 561. The first-order valence-electron chi connectivity index (χ1n) is 6.60. The Morgan fingerprint density at radius 1 is 1.26 bits per heavy atom. The highest BCUT2D eigenvalue weighted by Crippen LogP contribution is 2.20. The number of nitrogens with zero attached hydrogens (tertiary/aromatic N) is 2. The minimum Gasteiger partial charge on any atom is -0.330 e. The molecule has 0 aliphatic heterocycles. The number of nitrogens with two attached hydrogens (primary N) is 1. The smallest absolute Gasteiger partial charge is 0.0677 e. The Morgan fingerprint density at radius 3 is 2.68 bits per heavy atom. The molecule has 0 atom stereocenters. The van der Waals surface area contributed by atoms with E-state index in [1.54, 1.807) is 0 Å². The molecule has 0 unspecified atom stereocenters. The number of aryl methyl sites for hydroxylation is 1. The minimum absolute atomic E-state index is 0.717. The average Bonchev–Trinajstić information content (AvgIpc) is 2.65. The second-order valence-corrected chi connectivity index (χ2v) is 5.20. The standard InChI is InChI=1S/C15H20ClN3/c1-11-14(7-5-9-17)12(2)19(18-11)10-13-6-3-4-8-15(13)16/h3-4,6,8H,5,7,9-10,17H2,1-2H3. The lowest BCUT2D eigenvalue weighted by Crippen LogP contribution is -2.05. The summed E-state index contributed by atoms with van der Waals surface area (Å²) >= 11 is 6.20. The van der Waals surface area contributed by atoms with Crippen LogP contribution in [-0.2, 0) is 13.0 Å². The van der Waals surface area contributed by atoms with Crippen LogP contribution in [0.3, 0.4) is 0 Å². The lowest BCUT2D eigenvalue weighted by Gasteiger charge is -2.07. The molecule has 19 heavy (non-hydrogen) atoms. The largest absolute Gasteiger partial charge is 0.330 e. The van der Waals surface area contributed by atoms with Gasteiger partial charge in [0.1, 0.15) is 0 Å². The molecule has 0 saturated heterocycles. The number of benzene rings is 1. The van der Waals surface area contributed by atoms with Crippen LogP contribution in [0, 0.1) is 13.8 Å². The number of aromatic nitrogens is 2. The van der Waals surface area contributed by atoms with Gasteiger partial charge in [-0.05, 0) is 50.4 Å². The van der Waals surface area contributed by atoms with Crippen LogP contribution in [0.25, 0.3) is 0 Å². The molecular formula is C15H20ClN3. The van der Waals surface area contributed by atoms with Crippen molar-refractivity contribution in [3.8, 4) is 0 Å². The number of hydrogen-bond acceptors (Lipinski definition) is 2. The summed E-state index contributed by atoms with van der Waals surface area (Å²) in [6.45, 7) is 5.61. The molecule has 1 aromatic carbocycles.